The summed E-state index contributed by atoms with van der Waals surface area (Å²) in [5.74, 6) is 0.107. The highest BCUT2D eigenvalue weighted by Crippen LogP contribution is 2.22. The summed E-state index contributed by atoms with van der Waals surface area (Å²) < 4.78 is 40.9. The first-order chi connectivity index (χ1) is 8.04. The van der Waals surface area contributed by atoms with Crippen LogP contribution in [0, 0.1) is 0 Å². The van der Waals surface area contributed by atoms with Gasteiger partial charge in [-0.05, 0) is 0 Å². The number of halogens is 3. The highest BCUT2D eigenvalue weighted by molar-refractivity contribution is 5.25. The van der Waals surface area contributed by atoms with Crippen molar-refractivity contribution in [2.75, 3.05) is 31.1 Å². The van der Waals surface area contributed by atoms with Crippen LogP contribution in [0.2, 0.25) is 0 Å². The van der Waals surface area contributed by atoms with E-state index in [1.165, 1.54) is 0 Å². The Kier molecular flexibility index (Phi) is 3.51. The van der Waals surface area contributed by atoms with Crippen LogP contribution in [0.4, 0.5) is 19.2 Å². The molecule has 1 fully saturated rings. The highest BCUT2D eigenvalue weighted by Gasteiger charge is 2.28. The number of nitrogens with zero attached hydrogens (tertiary/aromatic N) is 3. The summed E-state index contributed by atoms with van der Waals surface area (Å²) in [6.45, 7) is 3.06. The monoisotopic (exact) mass is 250 g/mol. The van der Waals surface area contributed by atoms with Gasteiger partial charge in [-0.25, -0.2) is 0 Å². The van der Waals surface area contributed by atoms with Crippen LogP contribution in [-0.2, 0) is 6.42 Å². The van der Waals surface area contributed by atoms with Crippen LogP contribution in [0.1, 0.15) is 12.2 Å². The second-order valence-electron chi connectivity index (χ2n) is 3.85. The van der Waals surface area contributed by atoms with Crippen LogP contribution in [0.3, 0.4) is 0 Å². The maximum absolute atomic E-state index is 12.0. The minimum absolute atomic E-state index is 0.107. The molecule has 0 spiro atoms. The molecule has 96 valence electrons. The fraction of sp³-hybridized carbons (Fsp3) is 0.778. The zero-order chi connectivity index (χ0) is 12.3. The standard InChI is InChI=1S/C9H13F3N4O/c10-9(11,12)2-1-7-14-8(17-15-7)16-5-3-13-4-6-16/h13H,1-6H2. The Bertz CT molecular complexity index is 359. The third-order valence-electron chi connectivity index (χ3n) is 2.48. The molecule has 0 atom stereocenters. The summed E-state index contributed by atoms with van der Waals surface area (Å²) in [6.07, 6.45) is -5.34. The van der Waals surface area contributed by atoms with Gasteiger partial charge in [0, 0.05) is 32.6 Å². The van der Waals surface area contributed by atoms with Gasteiger partial charge in [0.25, 0.3) is 0 Å². The summed E-state index contributed by atoms with van der Waals surface area (Å²) in [4.78, 5) is 5.82. The molecule has 1 aliphatic heterocycles. The Morgan fingerprint density at radius 1 is 1.29 bits per heavy atom. The van der Waals surface area contributed by atoms with E-state index in [1.807, 2.05) is 4.90 Å². The fourth-order valence-corrected chi connectivity index (χ4v) is 1.58. The molecule has 0 amide bonds. The molecule has 0 saturated carbocycles. The number of anilines is 1. The molecule has 0 radical (unpaired) electrons. The van der Waals surface area contributed by atoms with E-state index in [2.05, 4.69) is 15.5 Å². The second-order valence-corrected chi connectivity index (χ2v) is 3.85. The Hall–Kier alpha value is -1.31. The molecule has 0 unspecified atom stereocenters. The zero-order valence-corrected chi connectivity index (χ0v) is 9.13. The molecule has 2 heterocycles. The van der Waals surface area contributed by atoms with E-state index >= 15 is 0 Å². The van der Waals surface area contributed by atoms with Crippen molar-refractivity contribution in [3.8, 4) is 0 Å². The second kappa shape index (κ2) is 4.91. The van der Waals surface area contributed by atoms with Gasteiger partial charge in [0.2, 0.25) is 0 Å². The van der Waals surface area contributed by atoms with Crippen molar-refractivity contribution in [1.29, 1.82) is 0 Å². The minimum atomic E-state index is -4.18. The highest BCUT2D eigenvalue weighted by atomic mass is 19.4. The van der Waals surface area contributed by atoms with Gasteiger partial charge in [-0.2, -0.15) is 18.2 Å². The number of piperazine rings is 1. The molecule has 1 aliphatic rings. The Morgan fingerprint density at radius 3 is 2.65 bits per heavy atom. The van der Waals surface area contributed by atoms with E-state index in [0.29, 0.717) is 6.01 Å². The number of nitrogens with one attached hydrogen (secondary N) is 1. The van der Waals surface area contributed by atoms with Gasteiger partial charge in [0.15, 0.2) is 5.82 Å². The van der Waals surface area contributed by atoms with E-state index in [-0.39, 0.29) is 12.2 Å². The van der Waals surface area contributed by atoms with Gasteiger partial charge in [-0.1, -0.05) is 5.16 Å². The van der Waals surface area contributed by atoms with Crippen molar-refractivity contribution in [2.45, 2.75) is 19.0 Å². The Morgan fingerprint density at radius 2 is 2.00 bits per heavy atom. The van der Waals surface area contributed by atoms with Gasteiger partial charge in [0.1, 0.15) is 0 Å². The summed E-state index contributed by atoms with van der Waals surface area (Å²) in [5.41, 5.74) is 0. The molecule has 1 N–H and O–H groups in total. The fourth-order valence-electron chi connectivity index (χ4n) is 1.58. The molecule has 1 saturated heterocycles. The lowest BCUT2D eigenvalue weighted by molar-refractivity contribution is -0.134. The molecule has 0 aliphatic carbocycles. The van der Waals surface area contributed by atoms with Crippen LogP contribution < -0.4 is 10.2 Å². The number of hydrogen-bond donors (Lipinski definition) is 1. The smallest absolute Gasteiger partial charge is 0.322 e. The third-order valence-corrected chi connectivity index (χ3v) is 2.48. The van der Waals surface area contributed by atoms with Crippen LogP contribution >= 0.6 is 0 Å². The van der Waals surface area contributed by atoms with Crippen molar-refractivity contribution in [1.82, 2.24) is 15.5 Å². The van der Waals surface area contributed by atoms with Gasteiger partial charge in [0.05, 0.1) is 6.42 Å². The molecule has 8 heteroatoms. The van der Waals surface area contributed by atoms with Gasteiger partial charge in [-0.3, -0.25) is 0 Å². The Balaban J connectivity index is 1.91. The predicted octanol–water partition coefficient (Wildman–Crippen LogP) is 0.974. The molecular weight excluding hydrogens is 237 g/mol. The summed E-state index contributed by atoms with van der Waals surface area (Å²) in [6, 6.07) is 0.309. The largest absolute Gasteiger partial charge is 0.389 e. The zero-order valence-electron chi connectivity index (χ0n) is 9.13. The number of alkyl halides is 3. The number of rotatable bonds is 3. The Labute approximate surface area is 96.0 Å². The topological polar surface area (TPSA) is 54.2 Å². The van der Waals surface area contributed by atoms with Gasteiger partial charge in [-0.15, -0.1) is 0 Å². The van der Waals surface area contributed by atoms with E-state index < -0.39 is 12.6 Å². The molecule has 5 nitrogen and oxygen atoms in total. The normalized spacial score (nSPS) is 17.5. The summed E-state index contributed by atoms with van der Waals surface area (Å²) in [7, 11) is 0. The number of aromatic nitrogens is 2. The first kappa shape index (κ1) is 12.2. The molecule has 0 bridgehead atoms. The lowest BCUT2D eigenvalue weighted by atomic mass is 10.3. The molecule has 2 rings (SSSR count). The SMILES string of the molecule is FC(F)(F)CCc1noc(N2CCNCC2)n1. The summed E-state index contributed by atoms with van der Waals surface area (Å²) >= 11 is 0. The van der Waals surface area contributed by atoms with Crippen LogP contribution in [0.15, 0.2) is 4.52 Å². The average Bonchev–Trinajstić information content (AvgIpc) is 2.75. The van der Waals surface area contributed by atoms with Crippen molar-refractivity contribution >= 4 is 6.01 Å². The van der Waals surface area contributed by atoms with E-state index in [0.717, 1.165) is 26.2 Å². The maximum Gasteiger partial charge on any atom is 0.389 e. The van der Waals surface area contributed by atoms with Crippen molar-refractivity contribution in [3.05, 3.63) is 5.82 Å². The van der Waals surface area contributed by atoms with Crippen molar-refractivity contribution in [3.63, 3.8) is 0 Å². The third kappa shape index (κ3) is 3.58. The van der Waals surface area contributed by atoms with Gasteiger partial charge < -0.3 is 14.7 Å². The quantitative estimate of drug-likeness (QED) is 0.866. The van der Waals surface area contributed by atoms with Crippen molar-refractivity contribution < 1.29 is 17.7 Å². The number of aryl methyl sites for hydroxylation is 1. The first-order valence-corrected chi connectivity index (χ1v) is 5.39. The maximum atomic E-state index is 12.0. The van der Waals surface area contributed by atoms with Crippen LogP contribution in [-0.4, -0.2) is 42.5 Å². The molecule has 0 aromatic carbocycles. The van der Waals surface area contributed by atoms with Crippen molar-refractivity contribution in [2.24, 2.45) is 0 Å². The molecule has 1 aromatic rings. The van der Waals surface area contributed by atoms with E-state index in [9.17, 15) is 13.2 Å². The van der Waals surface area contributed by atoms with Crippen LogP contribution in [0.25, 0.3) is 0 Å². The van der Waals surface area contributed by atoms with Gasteiger partial charge >= 0.3 is 12.2 Å². The molecular formula is C9H13F3N4O. The van der Waals surface area contributed by atoms with E-state index in [4.69, 9.17) is 4.52 Å². The summed E-state index contributed by atoms with van der Waals surface area (Å²) in [5, 5.41) is 6.70. The minimum Gasteiger partial charge on any atom is -0.322 e. The predicted molar refractivity (Wildman–Crippen MR) is 53.8 cm³/mol. The van der Waals surface area contributed by atoms with E-state index in [1.54, 1.807) is 0 Å². The average molecular weight is 250 g/mol. The van der Waals surface area contributed by atoms with Crippen LogP contribution in [0.5, 0.6) is 0 Å². The lowest BCUT2D eigenvalue weighted by Crippen LogP contribution is -2.43. The first-order valence-electron chi connectivity index (χ1n) is 5.39. The molecule has 17 heavy (non-hydrogen) atoms. The number of hydrogen-bond acceptors (Lipinski definition) is 5. The lowest BCUT2D eigenvalue weighted by Gasteiger charge is -2.24. The molecule has 1 aromatic heterocycles.